The zero-order chi connectivity index (χ0) is 33.3. The molecule has 1 aliphatic rings. The first kappa shape index (κ1) is 32.3. The predicted molar refractivity (Wildman–Crippen MR) is 170 cm³/mol. The van der Waals surface area contributed by atoms with E-state index >= 15 is 4.39 Å². The van der Waals surface area contributed by atoms with Gasteiger partial charge in [0.15, 0.2) is 0 Å². The minimum atomic E-state index is -0.935. The first-order valence-electron chi connectivity index (χ1n) is 14.9. The van der Waals surface area contributed by atoms with Gasteiger partial charge >= 0.3 is 6.09 Å². The summed E-state index contributed by atoms with van der Waals surface area (Å²) >= 11 is 0. The van der Waals surface area contributed by atoms with E-state index in [1.165, 1.54) is 32.9 Å². The average Bonchev–Trinajstić information content (AvgIpc) is 3.57. The summed E-state index contributed by atoms with van der Waals surface area (Å²) in [6, 6.07) is 13.8. The lowest BCUT2D eigenvalue weighted by Crippen LogP contribution is -2.46. The van der Waals surface area contributed by atoms with Gasteiger partial charge in [0.25, 0.3) is 5.91 Å². The van der Waals surface area contributed by atoms with Crippen molar-refractivity contribution in [2.45, 2.75) is 58.8 Å². The zero-order valence-corrected chi connectivity index (χ0v) is 26.6. The molecule has 12 heteroatoms. The molecule has 3 heterocycles. The summed E-state index contributed by atoms with van der Waals surface area (Å²) in [5, 5.41) is 16.9. The van der Waals surface area contributed by atoms with Crippen LogP contribution in [-0.2, 0) is 23.1 Å². The molecule has 2 aromatic heterocycles. The maximum atomic E-state index is 16.2. The van der Waals surface area contributed by atoms with E-state index in [2.05, 4.69) is 15.4 Å². The third-order valence-electron chi connectivity index (χ3n) is 7.72. The minimum absolute atomic E-state index is 0.0443. The fraction of sp³-hybridized carbons (Fsp3) is 0.324. The van der Waals surface area contributed by atoms with Gasteiger partial charge in [0.1, 0.15) is 29.1 Å². The molecule has 0 saturated carbocycles. The Morgan fingerprint density at radius 1 is 1.13 bits per heavy atom. The van der Waals surface area contributed by atoms with Crippen molar-refractivity contribution < 1.29 is 28.6 Å². The van der Waals surface area contributed by atoms with Crippen LogP contribution < -0.4 is 10.2 Å². The average molecular weight is 629 g/mol. The van der Waals surface area contributed by atoms with E-state index in [1.807, 2.05) is 25.1 Å². The van der Waals surface area contributed by atoms with Gasteiger partial charge in [-0.25, -0.2) is 19.1 Å². The number of aromatic nitrogens is 3. The Morgan fingerprint density at radius 2 is 1.89 bits per heavy atom. The number of pyridine rings is 1. The summed E-state index contributed by atoms with van der Waals surface area (Å²) < 4.78 is 23.3. The van der Waals surface area contributed by atoms with Crippen molar-refractivity contribution in [1.29, 1.82) is 0 Å². The summed E-state index contributed by atoms with van der Waals surface area (Å²) in [6.45, 7) is 8.44. The molecule has 0 spiro atoms. The van der Waals surface area contributed by atoms with Crippen LogP contribution in [-0.4, -0.2) is 60.9 Å². The number of aliphatic hydroxyl groups is 1. The number of carbonyl (C=O) groups excluding carboxylic acids is 3. The highest BCUT2D eigenvalue weighted by atomic mass is 19.1. The number of rotatable bonds is 8. The number of ether oxygens (including phenoxy) is 1. The highest BCUT2D eigenvalue weighted by molar-refractivity contribution is 6.02. The molecule has 0 fully saturated rings. The van der Waals surface area contributed by atoms with Gasteiger partial charge < -0.3 is 20.1 Å². The molecule has 0 radical (unpaired) electrons. The summed E-state index contributed by atoms with van der Waals surface area (Å²) in [7, 11) is 1.67. The largest absolute Gasteiger partial charge is 0.443 e. The number of carbonyl (C=O) groups is 3. The molecule has 2 aromatic carbocycles. The second kappa shape index (κ2) is 12.7. The number of hydrogen-bond donors (Lipinski definition) is 2. The van der Waals surface area contributed by atoms with Crippen LogP contribution in [0.4, 0.5) is 20.8 Å². The van der Waals surface area contributed by atoms with Crippen molar-refractivity contribution in [2.24, 2.45) is 7.05 Å². The SMILES string of the molecule is Cc1cccc([C@@H](CO)NC(=O)[C@@H](C)N2Cc3ccc(-c4ccnc(N(C(=O)OC(C)(C)C)c5ccnn5C)c4)c(F)c3C2=O)c1. The van der Waals surface area contributed by atoms with Crippen molar-refractivity contribution in [3.05, 3.63) is 95.1 Å². The van der Waals surface area contributed by atoms with Gasteiger partial charge in [-0.15, -0.1) is 0 Å². The second-order valence-electron chi connectivity index (χ2n) is 12.3. The van der Waals surface area contributed by atoms with E-state index in [0.29, 0.717) is 16.9 Å². The predicted octanol–water partition coefficient (Wildman–Crippen LogP) is 5.20. The van der Waals surface area contributed by atoms with Crippen molar-refractivity contribution in [1.82, 2.24) is 25.0 Å². The number of nitrogens with one attached hydrogen (secondary N) is 1. The highest BCUT2D eigenvalue weighted by Gasteiger charge is 2.37. The van der Waals surface area contributed by atoms with Crippen LogP contribution in [0.3, 0.4) is 0 Å². The number of hydrogen-bond acceptors (Lipinski definition) is 7. The molecule has 4 aromatic rings. The van der Waals surface area contributed by atoms with Crippen molar-refractivity contribution in [3.8, 4) is 11.1 Å². The third-order valence-corrected chi connectivity index (χ3v) is 7.72. The van der Waals surface area contributed by atoms with Crippen molar-refractivity contribution in [2.75, 3.05) is 11.5 Å². The van der Waals surface area contributed by atoms with E-state index in [9.17, 15) is 19.5 Å². The topological polar surface area (TPSA) is 130 Å². The summed E-state index contributed by atoms with van der Waals surface area (Å²) in [6.07, 6.45) is 2.28. The van der Waals surface area contributed by atoms with E-state index < -0.39 is 41.4 Å². The molecule has 0 saturated heterocycles. The molecular formula is C34H37FN6O5. The Balaban J connectivity index is 1.41. The standard InChI is InChI=1S/C34H37FN6O5/c1-20-8-7-9-23(16-20)26(19-42)38-31(43)21(2)40-18-24-10-11-25(30(35)29(24)32(40)44)22-12-14-36-27(17-22)41(28-13-15-37-39(28)6)33(45)46-34(3,4)5/h7-17,21,26,42H,18-19H2,1-6H3,(H,38,43)/t21-,26-/m1/s1. The molecule has 1 aliphatic heterocycles. The molecule has 5 rings (SSSR count). The summed E-state index contributed by atoms with van der Waals surface area (Å²) in [5.74, 6) is -1.28. The molecule has 0 aliphatic carbocycles. The van der Waals surface area contributed by atoms with Crippen molar-refractivity contribution >= 4 is 29.5 Å². The van der Waals surface area contributed by atoms with E-state index in [4.69, 9.17) is 4.74 Å². The minimum Gasteiger partial charge on any atom is -0.443 e. The second-order valence-corrected chi connectivity index (χ2v) is 12.3. The number of benzene rings is 2. The molecule has 2 N–H and O–H groups in total. The number of halogens is 1. The van der Waals surface area contributed by atoms with Crippen molar-refractivity contribution in [3.63, 3.8) is 0 Å². The number of nitrogens with zero attached hydrogens (tertiary/aromatic N) is 5. The van der Waals surface area contributed by atoms with E-state index in [1.54, 1.807) is 65.1 Å². The fourth-order valence-electron chi connectivity index (χ4n) is 5.38. The van der Waals surface area contributed by atoms with Crippen LogP contribution in [0.1, 0.15) is 60.8 Å². The lowest BCUT2D eigenvalue weighted by atomic mass is 10.00. The Hall–Kier alpha value is -5.10. The third kappa shape index (κ3) is 6.47. The monoisotopic (exact) mass is 628 g/mol. The van der Waals surface area contributed by atoms with Crippen LogP contribution in [0.2, 0.25) is 0 Å². The van der Waals surface area contributed by atoms with Crippen LogP contribution >= 0.6 is 0 Å². The maximum absolute atomic E-state index is 16.2. The number of anilines is 2. The van der Waals surface area contributed by atoms with Gasteiger partial charge in [0.2, 0.25) is 5.91 Å². The van der Waals surface area contributed by atoms with E-state index in [-0.39, 0.29) is 30.1 Å². The Morgan fingerprint density at radius 3 is 2.54 bits per heavy atom. The van der Waals surface area contributed by atoms with Gasteiger partial charge in [0, 0.05) is 31.4 Å². The highest BCUT2D eigenvalue weighted by Crippen LogP contribution is 2.35. The van der Waals surface area contributed by atoms with Crippen LogP contribution in [0, 0.1) is 12.7 Å². The quantitative estimate of drug-likeness (QED) is 0.275. The molecule has 0 unspecified atom stereocenters. The molecule has 3 amide bonds. The normalized spacial score (nSPS) is 14.1. The molecule has 11 nitrogen and oxygen atoms in total. The smallest absolute Gasteiger partial charge is 0.421 e. The zero-order valence-electron chi connectivity index (χ0n) is 26.6. The first-order chi connectivity index (χ1) is 21.8. The Bertz CT molecular complexity index is 1800. The number of fused-ring (bicyclic) bond motifs is 1. The molecular weight excluding hydrogens is 591 g/mol. The van der Waals surface area contributed by atoms with E-state index in [0.717, 1.165) is 11.1 Å². The maximum Gasteiger partial charge on any atom is 0.421 e. The number of aryl methyl sites for hydroxylation is 2. The molecule has 46 heavy (non-hydrogen) atoms. The Labute approximate surface area is 266 Å². The van der Waals surface area contributed by atoms with Crippen LogP contribution in [0.5, 0.6) is 0 Å². The van der Waals surface area contributed by atoms with Gasteiger partial charge in [-0.05, 0) is 63.4 Å². The molecule has 2 atom stereocenters. The fourth-order valence-corrected chi connectivity index (χ4v) is 5.38. The summed E-state index contributed by atoms with van der Waals surface area (Å²) in [4.78, 5) is 47.0. The number of amides is 3. The van der Waals surface area contributed by atoms with Gasteiger partial charge in [-0.2, -0.15) is 5.10 Å². The Kier molecular flexibility index (Phi) is 8.93. The van der Waals surface area contributed by atoms with Crippen LogP contribution in [0.25, 0.3) is 11.1 Å². The lowest BCUT2D eigenvalue weighted by molar-refractivity contribution is -0.126. The number of aliphatic hydroxyl groups excluding tert-OH is 1. The molecule has 0 bridgehead atoms. The molecule has 240 valence electrons. The van der Waals surface area contributed by atoms with Crippen LogP contribution in [0.15, 0.2) is 67.0 Å². The van der Waals surface area contributed by atoms with Gasteiger partial charge in [0.05, 0.1) is 24.4 Å². The lowest BCUT2D eigenvalue weighted by Gasteiger charge is -2.26. The van der Waals surface area contributed by atoms with Gasteiger partial charge in [-0.1, -0.05) is 42.0 Å². The van der Waals surface area contributed by atoms with Gasteiger partial charge in [-0.3, -0.25) is 14.3 Å². The first-order valence-corrected chi connectivity index (χ1v) is 14.9. The summed E-state index contributed by atoms with van der Waals surface area (Å²) in [5.41, 5.74) is 1.75.